The van der Waals surface area contributed by atoms with E-state index < -0.39 is 5.60 Å². The van der Waals surface area contributed by atoms with Crippen LogP contribution >= 0.6 is 0 Å². The number of hydrogen-bond donors (Lipinski definition) is 2. The predicted octanol–water partition coefficient (Wildman–Crippen LogP) is 3.38. The zero-order valence-electron chi connectivity index (χ0n) is 20.5. The SMILES string of the molecule is CC(C)(O)COc1cc(-c2ccc(N3CC4CC(C(C)(C)C)(C3)N4)nc2)c2c(C#N)cnn2c1. The lowest BCUT2D eigenvalue weighted by Crippen LogP contribution is -2.80. The van der Waals surface area contributed by atoms with E-state index in [-0.39, 0.29) is 17.6 Å². The van der Waals surface area contributed by atoms with E-state index in [4.69, 9.17) is 9.72 Å². The van der Waals surface area contributed by atoms with E-state index in [9.17, 15) is 10.4 Å². The highest BCUT2D eigenvalue weighted by molar-refractivity contribution is 5.85. The highest BCUT2D eigenvalue weighted by Crippen LogP contribution is 2.45. The number of nitriles is 1. The van der Waals surface area contributed by atoms with Gasteiger partial charge in [0.2, 0.25) is 0 Å². The lowest BCUT2D eigenvalue weighted by Gasteiger charge is -2.63. The first-order valence-corrected chi connectivity index (χ1v) is 11.7. The Bertz CT molecular complexity index is 1250. The zero-order chi connectivity index (χ0) is 24.3. The van der Waals surface area contributed by atoms with Crippen molar-refractivity contribution in [3.05, 3.63) is 42.4 Å². The van der Waals surface area contributed by atoms with Crippen LogP contribution in [0.2, 0.25) is 0 Å². The summed E-state index contributed by atoms with van der Waals surface area (Å²) in [4.78, 5) is 7.19. The summed E-state index contributed by atoms with van der Waals surface area (Å²) in [7, 11) is 0. The van der Waals surface area contributed by atoms with Gasteiger partial charge in [-0.1, -0.05) is 20.8 Å². The highest BCUT2D eigenvalue weighted by Gasteiger charge is 2.55. The summed E-state index contributed by atoms with van der Waals surface area (Å²) in [5.41, 5.74) is 2.22. The number of aromatic nitrogens is 3. The van der Waals surface area contributed by atoms with Crippen molar-refractivity contribution in [3.8, 4) is 22.9 Å². The van der Waals surface area contributed by atoms with E-state index in [0.29, 0.717) is 22.9 Å². The third-order valence-corrected chi connectivity index (χ3v) is 7.09. The number of nitrogens with zero attached hydrogens (tertiary/aromatic N) is 5. The fraction of sp³-hybridized carbons (Fsp3) is 0.500. The van der Waals surface area contributed by atoms with E-state index in [1.807, 2.05) is 18.3 Å². The summed E-state index contributed by atoms with van der Waals surface area (Å²) in [6.45, 7) is 12.3. The number of nitrogens with one attached hydrogen (secondary N) is 1. The molecule has 3 aliphatic rings. The molecule has 0 aromatic carbocycles. The molecule has 0 radical (unpaired) electrons. The predicted molar refractivity (Wildman–Crippen MR) is 131 cm³/mol. The van der Waals surface area contributed by atoms with Crippen molar-refractivity contribution in [2.45, 2.75) is 58.2 Å². The molecule has 0 saturated carbocycles. The van der Waals surface area contributed by atoms with Crippen LogP contribution in [0.5, 0.6) is 5.75 Å². The van der Waals surface area contributed by atoms with E-state index in [1.165, 1.54) is 6.42 Å². The molecular weight excluding hydrogens is 428 g/mol. The number of fused-ring (bicyclic) bond motifs is 3. The number of hydrogen-bond acceptors (Lipinski definition) is 7. The van der Waals surface area contributed by atoms with Gasteiger partial charge >= 0.3 is 0 Å². The van der Waals surface area contributed by atoms with Gasteiger partial charge in [-0.15, -0.1) is 0 Å². The molecule has 3 fully saturated rings. The van der Waals surface area contributed by atoms with E-state index >= 15 is 0 Å². The van der Waals surface area contributed by atoms with Crippen LogP contribution in [-0.2, 0) is 0 Å². The summed E-state index contributed by atoms with van der Waals surface area (Å²) < 4.78 is 7.48. The van der Waals surface area contributed by atoms with Gasteiger partial charge in [-0.25, -0.2) is 9.50 Å². The summed E-state index contributed by atoms with van der Waals surface area (Å²) in [5, 5.41) is 27.8. The molecule has 6 rings (SSSR count). The van der Waals surface area contributed by atoms with Crippen molar-refractivity contribution in [1.29, 1.82) is 5.26 Å². The van der Waals surface area contributed by atoms with Crippen molar-refractivity contribution in [1.82, 2.24) is 19.9 Å². The second-order valence-electron chi connectivity index (χ2n) is 11.3. The Balaban J connectivity index is 1.47. The van der Waals surface area contributed by atoms with Crippen molar-refractivity contribution < 1.29 is 9.84 Å². The quantitative estimate of drug-likeness (QED) is 0.602. The fourth-order valence-electron chi connectivity index (χ4n) is 5.07. The van der Waals surface area contributed by atoms with Gasteiger partial charge in [-0.05, 0) is 43.9 Å². The van der Waals surface area contributed by atoms with Crippen molar-refractivity contribution >= 4 is 11.3 Å². The zero-order valence-corrected chi connectivity index (χ0v) is 20.5. The van der Waals surface area contributed by atoms with Gasteiger partial charge in [0.25, 0.3) is 0 Å². The van der Waals surface area contributed by atoms with E-state index in [0.717, 1.165) is 30.0 Å². The van der Waals surface area contributed by atoms with Crippen LogP contribution in [0.3, 0.4) is 0 Å². The number of anilines is 1. The van der Waals surface area contributed by atoms with Crippen LogP contribution in [0, 0.1) is 16.7 Å². The Morgan fingerprint density at radius 2 is 2.03 bits per heavy atom. The van der Waals surface area contributed by atoms with Crippen LogP contribution in [-0.4, -0.2) is 56.6 Å². The van der Waals surface area contributed by atoms with Gasteiger partial charge in [0.05, 0.1) is 29.1 Å². The maximum absolute atomic E-state index is 10.1. The van der Waals surface area contributed by atoms with E-state index in [1.54, 1.807) is 30.8 Å². The standard InChI is InChI=1S/C26H32N6O2/c1-24(2,3)26-9-19(30-26)13-31(15-26)22-7-6-17(11-28-22)21-8-20(34-16-25(4,5)33)14-32-23(21)18(10-27)12-29-32/h6-8,11-12,14,19,30,33H,9,13,15-16H2,1-5H3. The minimum Gasteiger partial charge on any atom is -0.489 e. The van der Waals surface area contributed by atoms with Gasteiger partial charge in [0, 0.05) is 42.0 Å². The van der Waals surface area contributed by atoms with Crippen molar-refractivity contribution in [3.63, 3.8) is 0 Å². The Morgan fingerprint density at radius 3 is 2.65 bits per heavy atom. The minimum atomic E-state index is -0.964. The summed E-state index contributed by atoms with van der Waals surface area (Å²) in [6, 6.07) is 8.71. The maximum Gasteiger partial charge on any atom is 0.138 e. The molecule has 2 unspecified atom stereocenters. The first kappa shape index (κ1) is 22.6. The molecule has 8 heteroatoms. The third-order valence-electron chi connectivity index (χ3n) is 7.09. The molecule has 3 aliphatic heterocycles. The largest absolute Gasteiger partial charge is 0.489 e. The Morgan fingerprint density at radius 1 is 1.26 bits per heavy atom. The van der Waals surface area contributed by atoms with Crippen LogP contribution in [0.25, 0.3) is 16.6 Å². The molecular formula is C26H32N6O2. The van der Waals surface area contributed by atoms with Crippen molar-refractivity contribution in [2.75, 3.05) is 24.6 Å². The average molecular weight is 461 g/mol. The molecule has 6 heterocycles. The number of ether oxygens (including phenoxy) is 1. The number of rotatable bonds is 5. The molecule has 0 aliphatic carbocycles. The fourth-order valence-corrected chi connectivity index (χ4v) is 5.07. The monoisotopic (exact) mass is 460 g/mol. The van der Waals surface area contributed by atoms with Gasteiger partial charge in [-0.3, -0.25) is 0 Å². The van der Waals surface area contributed by atoms with Crippen LogP contribution < -0.4 is 15.0 Å². The smallest absolute Gasteiger partial charge is 0.138 e. The Kier molecular flexibility index (Phi) is 5.12. The number of pyridine rings is 2. The molecule has 178 valence electrons. The van der Waals surface area contributed by atoms with Gasteiger partial charge in [0.15, 0.2) is 0 Å². The van der Waals surface area contributed by atoms with Gasteiger partial charge in [-0.2, -0.15) is 10.4 Å². The minimum absolute atomic E-state index is 0.119. The molecule has 3 saturated heterocycles. The van der Waals surface area contributed by atoms with Crippen LogP contribution in [0.1, 0.15) is 46.6 Å². The number of piperidine rings is 1. The van der Waals surface area contributed by atoms with Gasteiger partial charge in [0.1, 0.15) is 24.2 Å². The second kappa shape index (κ2) is 7.69. The van der Waals surface area contributed by atoms with Crippen LogP contribution in [0.4, 0.5) is 5.82 Å². The number of aliphatic hydroxyl groups is 1. The summed E-state index contributed by atoms with van der Waals surface area (Å²) in [5.74, 6) is 1.53. The average Bonchev–Trinajstić information content (AvgIpc) is 3.19. The molecule has 3 aromatic heterocycles. The van der Waals surface area contributed by atoms with E-state index in [2.05, 4.69) is 48.2 Å². The van der Waals surface area contributed by atoms with Crippen molar-refractivity contribution in [2.24, 2.45) is 5.41 Å². The number of piperazine rings is 1. The molecule has 2 bridgehead atoms. The molecule has 0 amide bonds. The second-order valence-corrected chi connectivity index (χ2v) is 11.3. The topological polar surface area (TPSA) is 98.7 Å². The Hall–Kier alpha value is -3.15. The maximum atomic E-state index is 10.1. The Labute approximate surface area is 200 Å². The van der Waals surface area contributed by atoms with Gasteiger partial charge < -0.3 is 20.1 Å². The van der Waals surface area contributed by atoms with Crippen LogP contribution in [0.15, 0.2) is 36.8 Å². The molecule has 2 atom stereocenters. The molecule has 3 aromatic rings. The normalized spacial score (nSPS) is 22.4. The third kappa shape index (κ3) is 3.89. The first-order chi connectivity index (χ1) is 16.0. The first-order valence-electron chi connectivity index (χ1n) is 11.7. The molecule has 2 N–H and O–H groups in total. The highest BCUT2D eigenvalue weighted by atomic mass is 16.5. The lowest BCUT2D eigenvalue weighted by atomic mass is 9.62. The molecule has 0 spiro atoms. The molecule has 34 heavy (non-hydrogen) atoms. The summed E-state index contributed by atoms with van der Waals surface area (Å²) >= 11 is 0. The lowest BCUT2D eigenvalue weighted by molar-refractivity contribution is 0.00638. The summed E-state index contributed by atoms with van der Waals surface area (Å²) in [6.07, 6.45) is 6.35. The molecule has 8 nitrogen and oxygen atoms in total.